The first-order valence-electron chi connectivity index (χ1n) is 9.19. The molecule has 1 nitrogen and oxygen atoms in total. The van der Waals surface area contributed by atoms with E-state index in [2.05, 4.69) is 26.8 Å². The number of hydrogen-bond donors (Lipinski definition) is 0. The van der Waals surface area contributed by atoms with E-state index in [1.54, 1.807) is 0 Å². The molecule has 3 fully saturated rings. The van der Waals surface area contributed by atoms with Gasteiger partial charge in [0.2, 0.25) is 0 Å². The van der Waals surface area contributed by atoms with E-state index in [9.17, 15) is 0 Å². The summed E-state index contributed by atoms with van der Waals surface area (Å²) in [6.45, 7) is 7.32. The maximum Gasteiger partial charge on any atom is 0.0911 e. The van der Waals surface area contributed by atoms with Crippen molar-refractivity contribution in [2.45, 2.75) is 72.1 Å². The zero-order valence-electron chi connectivity index (χ0n) is 14.1. The van der Waals surface area contributed by atoms with Gasteiger partial charge in [0.15, 0.2) is 0 Å². The fourth-order valence-corrected chi connectivity index (χ4v) is 6.19. The summed E-state index contributed by atoms with van der Waals surface area (Å²) in [5, 5.41) is 9.08. The van der Waals surface area contributed by atoms with Crippen LogP contribution in [0, 0.1) is 46.3 Å². The van der Waals surface area contributed by atoms with E-state index in [4.69, 9.17) is 5.26 Å². The molecule has 6 atom stereocenters. The molecule has 0 saturated heterocycles. The Morgan fingerprint density at radius 3 is 2.86 bits per heavy atom. The van der Waals surface area contributed by atoms with E-state index < -0.39 is 0 Å². The fourth-order valence-electron chi connectivity index (χ4n) is 6.19. The van der Waals surface area contributed by atoms with Crippen LogP contribution < -0.4 is 0 Å². The largest absolute Gasteiger partial charge is 0.193 e. The van der Waals surface area contributed by atoms with Gasteiger partial charge in [0.1, 0.15) is 0 Å². The van der Waals surface area contributed by atoms with E-state index in [1.807, 2.05) is 6.08 Å². The van der Waals surface area contributed by atoms with E-state index in [-0.39, 0.29) is 0 Å². The Labute approximate surface area is 130 Å². The Kier molecular flexibility index (Phi) is 4.17. The van der Waals surface area contributed by atoms with Crippen molar-refractivity contribution in [3.63, 3.8) is 0 Å². The summed E-state index contributed by atoms with van der Waals surface area (Å²) in [5.74, 6) is 4.67. The van der Waals surface area contributed by atoms with Gasteiger partial charge in [-0.15, -0.1) is 0 Å². The predicted molar refractivity (Wildman–Crippen MR) is 87.5 cm³/mol. The minimum absolute atomic E-state index is 0.355. The summed E-state index contributed by atoms with van der Waals surface area (Å²) in [4.78, 5) is 0. The maximum absolute atomic E-state index is 9.08. The molecular weight excluding hydrogens is 254 g/mol. The first kappa shape index (κ1) is 15.1. The zero-order valence-corrected chi connectivity index (χ0v) is 14.1. The Balaban J connectivity index is 1.83. The highest BCUT2D eigenvalue weighted by Crippen LogP contribution is 2.62. The van der Waals surface area contributed by atoms with Crippen LogP contribution in [0.25, 0.3) is 0 Å². The summed E-state index contributed by atoms with van der Waals surface area (Å²) in [6, 6.07) is 2.31. The van der Waals surface area contributed by atoms with Crippen LogP contribution in [0.1, 0.15) is 72.1 Å². The van der Waals surface area contributed by atoms with E-state index in [0.29, 0.717) is 5.41 Å². The normalized spacial score (nSPS) is 47.7. The molecule has 0 aliphatic heterocycles. The first-order chi connectivity index (χ1) is 10.1. The lowest BCUT2D eigenvalue weighted by Crippen LogP contribution is -2.44. The Morgan fingerprint density at radius 1 is 1.33 bits per heavy atom. The van der Waals surface area contributed by atoms with Crippen molar-refractivity contribution in [1.29, 1.82) is 5.26 Å². The lowest BCUT2D eigenvalue weighted by atomic mass is 9.53. The second-order valence-corrected chi connectivity index (χ2v) is 8.32. The fraction of sp³-hybridized carbons (Fsp3) is 0.850. The molecule has 0 unspecified atom stereocenters. The Hall–Kier alpha value is -0.770. The summed E-state index contributed by atoms with van der Waals surface area (Å²) < 4.78 is 0. The number of hydrogen-bond acceptors (Lipinski definition) is 1. The maximum atomic E-state index is 9.08. The van der Waals surface area contributed by atoms with Crippen molar-refractivity contribution in [3.8, 4) is 6.07 Å². The molecule has 0 radical (unpaired) electrons. The van der Waals surface area contributed by atoms with Crippen LogP contribution in [-0.2, 0) is 0 Å². The van der Waals surface area contributed by atoms with Crippen molar-refractivity contribution in [2.24, 2.45) is 35.0 Å². The molecule has 3 aliphatic rings. The van der Waals surface area contributed by atoms with E-state index in [1.165, 1.54) is 56.9 Å². The van der Waals surface area contributed by atoms with Gasteiger partial charge < -0.3 is 0 Å². The van der Waals surface area contributed by atoms with Crippen LogP contribution in [0.2, 0.25) is 0 Å². The average Bonchev–Trinajstić information content (AvgIpc) is 2.77. The van der Waals surface area contributed by atoms with Crippen LogP contribution in [0.3, 0.4) is 0 Å². The molecule has 116 valence electrons. The van der Waals surface area contributed by atoms with Gasteiger partial charge >= 0.3 is 0 Å². The van der Waals surface area contributed by atoms with Crippen molar-refractivity contribution < 1.29 is 0 Å². The van der Waals surface area contributed by atoms with Crippen LogP contribution in [0.4, 0.5) is 0 Å². The molecular formula is C20H31N. The van der Waals surface area contributed by atoms with Crippen molar-refractivity contribution in [3.05, 3.63) is 11.6 Å². The highest BCUT2D eigenvalue weighted by molar-refractivity contribution is 5.27. The number of nitrogens with zero attached hydrogens (tertiary/aromatic N) is 1. The highest BCUT2D eigenvalue weighted by atomic mass is 14.6. The van der Waals surface area contributed by atoms with Crippen LogP contribution in [0.15, 0.2) is 11.6 Å². The minimum atomic E-state index is 0.355. The Bertz CT molecular complexity index is 457. The lowest BCUT2D eigenvalue weighted by Gasteiger charge is -2.52. The van der Waals surface area contributed by atoms with Gasteiger partial charge in [0, 0.05) is 6.08 Å². The Morgan fingerprint density at radius 2 is 2.14 bits per heavy atom. The van der Waals surface area contributed by atoms with Crippen LogP contribution in [-0.4, -0.2) is 0 Å². The van der Waals surface area contributed by atoms with Gasteiger partial charge in [-0.05, 0) is 67.1 Å². The third kappa shape index (κ3) is 2.45. The summed E-state index contributed by atoms with van der Waals surface area (Å²) >= 11 is 0. The molecule has 0 N–H and O–H groups in total. The first-order valence-corrected chi connectivity index (χ1v) is 9.19. The van der Waals surface area contributed by atoms with Gasteiger partial charge in [0.25, 0.3) is 0 Å². The molecule has 0 heterocycles. The molecule has 1 heteroatoms. The number of nitriles is 1. The van der Waals surface area contributed by atoms with Crippen molar-refractivity contribution in [2.75, 3.05) is 0 Å². The highest BCUT2D eigenvalue weighted by Gasteiger charge is 2.52. The molecule has 3 saturated carbocycles. The lowest BCUT2D eigenvalue weighted by molar-refractivity contribution is -0.0107. The molecule has 3 rings (SSSR count). The number of fused-ring (bicyclic) bond motifs is 2. The van der Waals surface area contributed by atoms with Crippen molar-refractivity contribution in [1.82, 2.24) is 0 Å². The molecule has 0 aromatic heterocycles. The van der Waals surface area contributed by atoms with Crippen molar-refractivity contribution >= 4 is 0 Å². The van der Waals surface area contributed by atoms with Gasteiger partial charge in [-0.25, -0.2) is 0 Å². The monoisotopic (exact) mass is 285 g/mol. The molecule has 0 amide bonds. The summed E-state index contributed by atoms with van der Waals surface area (Å²) in [7, 11) is 0. The molecule has 0 aromatic carbocycles. The minimum Gasteiger partial charge on any atom is -0.193 e. The van der Waals surface area contributed by atoms with Gasteiger partial charge in [-0.2, -0.15) is 5.26 Å². The second kappa shape index (κ2) is 5.79. The molecule has 21 heavy (non-hydrogen) atoms. The van der Waals surface area contributed by atoms with E-state index in [0.717, 1.165) is 29.6 Å². The second-order valence-electron chi connectivity index (χ2n) is 8.32. The third-order valence-corrected chi connectivity index (χ3v) is 7.38. The van der Waals surface area contributed by atoms with Gasteiger partial charge in [0.05, 0.1) is 6.07 Å². The third-order valence-electron chi connectivity index (χ3n) is 7.38. The summed E-state index contributed by atoms with van der Waals surface area (Å²) in [5.41, 5.74) is 1.83. The standard InChI is InChI=1S/C20H31N/c1-4-5-18-14(2)6-7-15-13-20(3)16(10-11-21)8-9-17(20)12-19(15)18/h10,14-15,17-19H,4-9,12-13H2,1-3H3/b16-10+/t14-,15+,17-,18+,19+,20+/m0/s1. The zero-order chi connectivity index (χ0) is 15.0. The molecule has 3 aliphatic carbocycles. The molecule has 0 aromatic rings. The SMILES string of the molecule is CCC[C@H]1[C@@H]2C[C@@H]3CC/C(=C\C#N)[C@@]3(C)C[C@H]2CC[C@@H]1C. The van der Waals surface area contributed by atoms with Crippen LogP contribution in [0.5, 0.6) is 0 Å². The topological polar surface area (TPSA) is 23.8 Å². The smallest absolute Gasteiger partial charge is 0.0911 e. The predicted octanol–water partition coefficient (Wildman–Crippen LogP) is 5.73. The molecule has 0 bridgehead atoms. The van der Waals surface area contributed by atoms with Gasteiger partial charge in [-0.1, -0.05) is 45.6 Å². The number of rotatable bonds is 2. The van der Waals surface area contributed by atoms with E-state index >= 15 is 0 Å². The molecule has 0 spiro atoms. The summed E-state index contributed by atoms with van der Waals surface area (Å²) in [6.07, 6.45) is 12.9. The van der Waals surface area contributed by atoms with Crippen LogP contribution >= 0.6 is 0 Å². The van der Waals surface area contributed by atoms with Gasteiger partial charge in [-0.3, -0.25) is 0 Å². The average molecular weight is 285 g/mol. The number of allylic oxidation sites excluding steroid dienone is 2. The quantitative estimate of drug-likeness (QED) is 0.595.